The van der Waals surface area contributed by atoms with Crippen molar-refractivity contribution in [2.24, 2.45) is 0 Å². The minimum absolute atomic E-state index is 0.111. The summed E-state index contributed by atoms with van der Waals surface area (Å²) in [5, 5.41) is 23.1. The Balaban J connectivity index is 1.74. The maximum absolute atomic E-state index is 12.4. The van der Waals surface area contributed by atoms with Gasteiger partial charge in [-0.2, -0.15) is 4.98 Å². The van der Waals surface area contributed by atoms with Crippen LogP contribution >= 0.6 is 0 Å². The average molecular weight is 348 g/mol. The molecule has 1 amide bonds. The number of carboxylic acid groups (broad SMARTS) is 1. The van der Waals surface area contributed by atoms with E-state index in [0.717, 1.165) is 25.7 Å². The van der Waals surface area contributed by atoms with E-state index in [0.29, 0.717) is 11.7 Å². The molecule has 10 nitrogen and oxygen atoms in total. The second kappa shape index (κ2) is 6.61. The Morgan fingerprint density at radius 2 is 2.12 bits per heavy atom. The van der Waals surface area contributed by atoms with E-state index < -0.39 is 11.5 Å². The molecule has 10 heteroatoms. The van der Waals surface area contributed by atoms with Gasteiger partial charge in [-0.05, 0) is 12.8 Å². The number of rotatable bonds is 6. The van der Waals surface area contributed by atoms with Gasteiger partial charge in [-0.15, -0.1) is 5.10 Å². The first kappa shape index (κ1) is 17.1. The normalized spacial score (nSPS) is 16.3. The van der Waals surface area contributed by atoms with Crippen LogP contribution in [0.2, 0.25) is 0 Å². The Bertz CT molecular complexity index is 775. The molecule has 134 valence electrons. The van der Waals surface area contributed by atoms with E-state index in [4.69, 9.17) is 9.63 Å². The summed E-state index contributed by atoms with van der Waals surface area (Å²) in [6.07, 6.45) is 4.59. The quantitative estimate of drug-likeness (QED) is 0.791. The van der Waals surface area contributed by atoms with E-state index in [1.807, 2.05) is 13.8 Å². The number of aromatic nitrogens is 5. The molecule has 2 heterocycles. The van der Waals surface area contributed by atoms with E-state index in [2.05, 4.69) is 25.8 Å². The molecule has 1 fully saturated rings. The fourth-order valence-electron chi connectivity index (χ4n) is 2.97. The molecule has 0 aliphatic heterocycles. The summed E-state index contributed by atoms with van der Waals surface area (Å²) in [4.78, 5) is 27.7. The van der Waals surface area contributed by atoms with Crippen molar-refractivity contribution < 1.29 is 19.2 Å². The summed E-state index contributed by atoms with van der Waals surface area (Å²) in [6.45, 7) is 3.79. The lowest BCUT2D eigenvalue weighted by Crippen LogP contribution is -2.46. The maximum Gasteiger partial charge on any atom is 0.358 e. The molecular formula is C15H20N6O4. The monoisotopic (exact) mass is 348 g/mol. The van der Waals surface area contributed by atoms with E-state index in [-0.39, 0.29) is 24.1 Å². The Labute approximate surface area is 143 Å². The van der Waals surface area contributed by atoms with Crippen LogP contribution in [0.1, 0.15) is 67.7 Å². The second-order valence-electron chi connectivity index (χ2n) is 6.55. The van der Waals surface area contributed by atoms with Gasteiger partial charge in [0, 0.05) is 5.92 Å². The number of hydrogen-bond acceptors (Lipinski definition) is 7. The molecule has 2 aromatic rings. The van der Waals surface area contributed by atoms with E-state index in [1.165, 1.54) is 10.9 Å². The standard InChI is InChI=1S/C15H20N6O4/c1-9(2)12-16-14(19-25-12)15(5-3-4-6-15)17-11(22)8-21-7-10(13(23)24)18-20-21/h7,9H,3-6,8H2,1-2H3,(H,17,22)(H,23,24). The fraction of sp³-hybridized carbons (Fsp3) is 0.600. The number of nitrogens with zero attached hydrogens (tertiary/aromatic N) is 5. The number of hydrogen-bond donors (Lipinski definition) is 2. The highest BCUT2D eigenvalue weighted by molar-refractivity contribution is 5.84. The smallest absolute Gasteiger partial charge is 0.358 e. The zero-order valence-electron chi connectivity index (χ0n) is 14.1. The molecule has 0 unspecified atom stereocenters. The number of nitrogens with one attached hydrogen (secondary N) is 1. The van der Waals surface area contributed by atoms with Gasteiger partial charge in [0.2, 0.25) is 11.8 Å². The highest BCUT2D eigenvalue weighted by Crippen LogP contribution is 2.37. The Hall–Kier alpha value is -2.78. The van der Waals surface area contributed by atoms with E-state index in [9.17, 15) is 9.59 Å². The van der Waals surface area contributed by atoms with Gasteiger partial charge in [0.25, 0.3) is 0 Å². The SMILES string of the molecule is CC(C)c1nc(C2(NC(=O)Cn3cc(C(=O)O)nn3)CCCC2)no1. The number of aromatic carboxylic acids is 1. The Morgan fingerprint density at radius 3 is 2.68 bits per heavy atom. The lowest BCUT2D eigenvalue weighted by atomic mass is 9.96. The summed E-state index contributed by atoms with van der Waals surface area (Å²) < 4.78 is 6.48. The molecule has 0 atom stereocenters. The molecule has 3 rings (SSSR count). The highest BCUT2D eigenvalue weighted by Gasteiger charge is 2.41. The van der Waals surface area contributed by atoms with E-state index >= 15 is 0 Å². The molecule has 1 aliphatic carbocycles. The van der Waals surface area contributed by atoms with Gasteiger partial charge in [-0.1, -0.05) is 37.1 Å². The van der Waals surface area contributed by atoms with Crippen LogP contribution in [0.4, 0.5) is 0 Å². The third kappa shape index (κ3) is 3.52. The van der Waals surface area contributed by atoms with Gasteiger partial charge in [0.1, 0.15) is 12.1 Å². The average Bonchev–Trinajstić information content (AvgIpc) is 3.27. The summed E-state index contributed by atoms with van der Waals surface area (Å²) in [5.41, 5.74) is -0.854. The lowest BCUT2D eigenvalue weighted by Gasteiger charge is -2.26. The molecule has 1 aliphatic rings. The van der Waals surface area contributed by atoms with Crippen LogP contribution in [0.5, 0.6) is 0 Å². The molecule has 25 heavy (non-hydrogen) atoms. The molecule has 0 radical (unpaired) electrons. The van der Waals surface area contributed by atoms with Gasteiger partial charge in [-0.25, -0.2) is 9.48 Å². The van der Waals surface area contributed by atoms with Crippen molar-refractivity contribution in [3.8, 4) is 0 Å². The first-order valence-corrected chi connectivity index (χ1v) is 8.18. The van der Waals surface area contributed by atoms with Crippen LogP contribution in [0.25, 0.3) is 0 Å². The second-order valence-corrected chi connectivity index (χ2v) is 6.55. The molecule has 2 N–H and O–H groups in total. The molecule has 0 saturated heterocycles. The first-order valence-electron chi connectivity index (χ1n) is 8.18. The van der Waals surface area contributed by atoms with Crippen LogP contribution in [0, 0.1) is 0 Å². The third-order valence-corrected chi connectivity index (χ3v) is 4.26. The van der Waals surface area contributed by atoms with Gasteiger partial charge in [-0.3, -0.25) is 4.79 Å². The minimum Gasteiger partial charge on any atom is -0.476 e. The minimum atomic E-state index is -1.19. The third-order valence-electron chi connectivity index (χ3n) is 4.26. The van der Waals surface area contributed by atoms with E-state index in [1.54, 1.807) is 0 Å². The van der Waals surface area contributed by atoms with Crippen LogP contribution in [0.3, 0.4) is 0 Å². The fourth-order valence-corrected chi connectivity index (χ4v) is 2.97. The van der Waals surface area contributed by atoms with Gasteiger partial charge < -0.3 is 14.9 Å². The largest absolute Gasteiger partial charge is 0.476 e. The molecule has 0 bridgehead atoms. The van der Waals surface area contributed by atoms with Crippen LogP contribution in [-0.4, -0.2) is 42.1 Å². The van der Waals surface area contributed by atoms with Crippen LogP contribution in [0.15, 0.2) is 10.7 Å². The summed E-state index contributed by atoms with van der Waals surface area (Å²) in [7, 11) is 0. The predicted octanol–water partition coefficient (Wildman–Crippen LogP) is 1.07. The number of amides is 1. The molecule has 1 saturated carbocycles. The topological polar surface area (TPSA) is 136 Å². The molecule has 2 aromatic heterocycles. The Kier molecular flexibility index (Phi) is 4.51. The summed E-state index contributed by atoms with van der Waals surface area (Å²) in [6, 6.07) is 0. The van der Waals surface area contributed by atoms with Crippen LogP contribution < -0.4 is 5.32 Å². The van der Waals surface area contributed by atoms with Crippen LogP contribution in [-0.2, 0) is 16.9 Å². The number of carboxylic acids is 1. The van der Waals surface area contributed by atoms with Crippen molar-refractivity contribution in [3.63, 3.8) is 0 Å². The van der Waals surface area contributed by atoms with Gasteiger partial charge >= 0.3 is 5.97 Å². The van der Waals surface area contributed by atoms with Crippen molar-refractivity contribution in [3.05, 3.63) is 23.6 Å². The van der Waals surface area contributed by atoms with Crippen molar-refractivity contribution >= 4 is 11.9 Å². The molecule has 0 aromatic carbocycles. The summed E-state index contributed by atoms with van der Waals surface area (Å²) in [5.74, 6) is -0.351. The predicted molar refractivity (Wildman–Crippen MR) is 83.7 cm³/mol. The zero-order chi connectivity index (χ0) is 18.0. The lowest BCUT2D eigenvalue weighted by molar-refractivity contribution is -0.124. The van der Waals surface area contributed by atoms with Crippen molar-refractivity contribution in [2.45, 2.75) is 57.5 Å². The molecular weight excluding hydrogens is 328 g/mol. The zero-order valence-corrected chi connectivity index (χ0v) is 14.1. The van der Waals surface area contributed by atoms with Crippen molar-refractivity contribution in [1.29, 1.82) is 0 Å². The van der Waals surface area contributed by atoms with Crippen molar-refractivity contribution in [2.75, 3.05) is 0 Å². The number of carbonyl (C=O) groups is 2. The van der Waals surface area contributed by atoms with Crippen molar-refractivity contribution in [1.82, 2.24) is 30.5 Å². The molecule has 0 spiro atoms. The maximum atomic E-state index is 12.4. The number of carbonyl (C=O) groups excluding carboxylic acids is 1. The highest BCUT2D eigenvalue weighted by atomic mass is 16.5. The Morgan fingerprint density at radius 1 is 1.40 bits per heavy atom. The first-order chi connectivity index (χ1) is 11.9. The summed E-state index contributed by atoms with van der Waals surface area (Å²) >= 11 is 0. The van der Waals surface area contributed by atoms with Gasteiger partial charge in [0.05, 0.1) is 6.20 Å². The van der Waals surface area contributed by atoms with Gasteiger partial charge in [0.15, 0.2) is 11.5 Å².